The monoisotopic (exact) mass is 400 g/mol. The molecule has 8 heteroatoms. The second-order valence-electron chi connectivity index (χ2n) is 5.21. The average Bonchev–Trinajstić information content (AvgIpc) is 2.95. The number of halogens is 1. The number of benzene rings is 1. The molecule has 2 aromatic rings. The Morgan fingerprint density at radius 3 is 2.43 bits per heavy atom. The Balaban J connectivity index is 2.02. The lowest BCUT2D eigenvalue weighted by Crippen LogP contribution is -2.27. The molecule has 6 nitrogen and oxygen atoms in total. The van der Waals surface area contributed by atoms with Gasteiger partial charge in [-0.05, 0) is 37.4 Å². The Morgan fingerprint density at radius 1 is 1.17 bits per heavy atom. The van der Waals surface area contributed by atoms with E-state index in [2.05, 4.69) is 45.0 Å². The molecule has 0 bridgehead atoms. The van der Waals surface area contributed by atoms with Crippen molar-refractivity contribution >= 4 is 25.8 Å². The van der Waals surface area contributed by atoms with Gasteiger partial charge in [-0.15, -0.1) is 5.10 Å². The van der Waals surface area contributed by atoms with Gasteiger partial charge in [0.05, 0.1) is 17.1 Å². The molecule has 0 fully saturated rings. The van der Waals surface area contributed by atoms with Gasteiger partial charge < -0.3 is 4.90 Å². The highest BCUT2D eigenvalue weighted by Gasteiger charge is 2.17. The standard InChI is InChI=1S/C15H21BrN4O2S/c1-3-19(4-2)9-10-20-11-14(17-18-20)12-23(21,22)15-7-5-13(16)6-8-15/h5-8,11H,3-4,9-10,12H2,1-2H3. The maximum atomic E-state index is 12.4. The Hall–Kier alpha value is -1.25. The zero-order chi connectivity index (χ0) is 16.9. The first-order chi connectivity index (χ1) is 10.9. The lowest BCUT2D eigenvalue weighted by Gasteiger charge is -2.17. The predicted molar refractivity (Wildman–Crippen MR) is 92.8 cm³/mol. The van der Waals surface area contributed by atoms with Gasteiger partial charge in [-0.25, -0.2) is 8.42 Å². The summed E-state index contributed by atoms with van der Waals surface area (Å²) in [5.74, 6) is -0.139. The van der Waals surface area contributed by atoms with Crippen LogP contribution in [0, 0.1) is 0 Å². The van der Waals surface area contributed by atoms with E-state index >= 15 is 0 Å². The molecule has 1 aromatic carbocycles. The predicted octanol–water partition coefficient (Wildman–Crippen LogP) is 2.36. The molecule has 1 aromatic heterocycles. The van der Waals surface area contributed by atoms with E-state index in [1.807, 2.05) is 0 Å². The summed E-state index contributed by atoms with van der Waals surface area (Å²) in [7, 11) is -3.40. The lowest BCUT2D eigenvalue weighted by atomic mass is 10.4. The van der Waals surface area contributed by atoms with E-state index in [9.17, 15) is 8.42 Å². The normalized spacial score (nSPS) is 12.0. The van der Waals surface area contributed by atoms with Crippen LogP contribution in [0.1, 0.15) is 19.5 Å². The van der Waals surface area contributed by atoms with Gasteiger partial charge in [0.25, 0.3) is 0 Å². The topological polar surface area (TPSA) is 68.1 Å². The third-order valence-electron chi connectivity index (χ3n) is 3.64. The van der Waals surface area contributed by atoms with E-state index < -0.39 is 9.84 Å². The molecular formula is C15H21BrN4O2S. The van der Waals surface area contributed by atoms with Crippen molar-refractivity contribution in [2.24, 2.45) is 0 Å². The average molecular weight is 401 g/mol. The van der Waals surface area contributed by atoms with E-state index in [0.717, 1.165) is 24.1 Å². The van der Waals surface area contributed by atoms with Gasteiger partial charge in [-0.2, -0.15) is 0 Å². The highest BCUT2D eigenvalue weighted by Crippen LogP contribution is 2.18. The molecule has 0 aliphatic carbocycles. The molecular weight excluding hydrogens is 380 g/mol. The summed E-state index contributed by atoms with van der Waals surface area (Å²) in [4.78, 5) is 2.57. The molecule has 0 saturated heterocycles. The summed E-state index contributed by atoms with van der Waals surface area (Å²) >= 11 is 3.30. The number of aromatic nitrogens is 3. The van der Waals surface area contributed by atoms with Gasteiger partial charge in [0, 0.05) is 17.2 Å². The van der Waals surface area contributed by atoms with Crippen LogP contribution in [0.2, 0.25) is 0 Å². The van der Waals surface area contributed by atoms with Crippen LogP contribution in [0.5, 0.6) is 0 Å². The number of hydrogen-bond donors (Lipinski definition) is 0. The summed E-state index contributed by atoms with van der Waals surface area (Å²) in [5.41, 5.74) is 0.465. The first kappa shape index (κ1) is 18.1. The van der Waals surface area contributed by atoms with Crippen molar-refractivity contribution in [2.45, 2.75) is 31.0 Å². The summed E-state index contributed by atoms with van der Waals surface area (Å²) < 4.78 is 27.3. The van der Waals surface area contributed by atoms with Crippen LogP contribution >= 0.6 is 15.9 Å². The Labute approximate surface area is 145 Å². The van der Waals surface area contributed by atoms with Crippen LogP contribution in [0.25, 0.3) is 0 Å². The fourth-order valence-corrected chi connectivity index (χ4v) is 3.72. The minimum absolute atomic E-state index is 0.139. The van der Waals surface area contributed by atoms with Crippen molar-refractivity contribution in [3.8, 4) is 0 Å². The molecule has 0 N–H and O–H groups in total. The molecule has 1 heterocycles. The second-order valence-corrected chi connectivity index (χ2v) is 8.12. The van der Waals surface area contributed by atoms with Crippen molar-refractivity contribution in [1.29, 1.82) is 0 Å². The van der Waals surface area contributed by atoms with E-state index in [0.29, 0.717) is 17.1 Å². The summed E-state index contributed by atoms with van der Waals surface area (Å²) in [6.07, 6.45) is 1.71. The van der Waals surface area contributed by atoms with E-state index in [1.165, 1.54) is 0 Å². The third kappa shape index (κ3) is 5.12. The molecule has 0 unspecified atom stereocenters. The van der Waals surface area contributed by atoms with Crippen molar-refractivity contribution in [3.63, 3.8) is 0 Å². The minimum atomic E-state index is -3.40. The van der Waals surface area contributed by atoms with E-state index in [1.54, 1.807) is 35.1 Å². The van der Waals surface area contributed by atoms with Gasteiger partial charge in [0.2, 0.25) is 0 Å². The van der Waals surface area contributed by atoms with Gasteiger partial charge in [-0.3, -0.25) is 4.68 Å². The molecule has 126 valence electrons. The largest absolute Gasteiger partial charge is 0.302 e. The molecule has 0 amide bonds. The summed E-state index contributed by atoms with van der Waals surface area (Å²) in [6.45, 7) is 7.76. The van der Waals surface area contributed by atoms with Gasteiger partial charge in [0.15, 0.2) is 9.84 Å². The molecule has 0 aliphatic rings. The van der Waals surface area contributed by atoms with Crippen LogP contribution in [-0.2, 0) is 22.1 Å². The summed E-state index contributed by atoms with van der Waals surface area (Å²) in [5, 5.41) is 8.00. The van der Waals surface area contributed by atoms with Crippen molar-refractivity contribution < 1.29 is 8.42 Å². The van der Waals surface area contributed by atoms with Crippen LogP contribution in [0.15, 0.2) is 39.8 Å². The first-order valence-electron chi connectivity index (χ1n) is 7.54. The minimum Gasteiger partial charge on any atom is -0.302 e. The maximum absolute atomic E-state index is 12.4. The van der Waals surface area contributed by atoms with Crippen LogP contribution < -0.4 is 0 Å². The highest BCUT2D eigenvalue weighted by molar-refractivity contribution is 9.10. The number of nitrogens with zero attached hydrogens (tertiary/aromatic N) is 4. The first-order valence-corrected chi connectivity index (χ1v) is 9.98. The number of hydrogen-bond acceptors (Lipinski definition) is 5. The van der Waals surface area contributed by atoms with Crippen molar-refractivity contribution in [2.75, 3.05) is 19.6 Å². The van der Waals surface area contributed by atoms with E-state index in [4.69, 9.17) is 0 Å². The van der Waals surface area contributed by atoms with Gasteiger partial charge >= 0.3 is 0 Å². The van der Waals surface area contributed by atoms with Gasteiger partial charge in [-0.1, -0.05) is 35.0 Å². The smallest absolute Gasteiger partial charge is 0.184 e. The second kappa shape index (κ2) is 8.03. The zero-order valence-electron chi connectivity index (χ0n) is 13.3. The third-order valence-corrected chi connectivity index (χ3v) is 5.83. The molecule has 23 heavy (non-hydrogen) atoms. The summed E-state index contributed by atoms with van der Waals surface area (Å²) in [6, 6.07) is 6.61. The van der Waals surface area contributed by atoms with Crippen molar-refractivity contribution in [1.82, 2.24) is 19.9 Å². The lowest BCUT2D eigenvalue weighted by molar-refractivity contribution is 0.284. The molecule has 2 rings (SSSR count). The molecule has 0 radical (unpaired) electrons. The molecule has 0 saturated carbocycles. The molecule has 0 spiro atoms. The number of rotatable bonds is 8. The highest BCUT2D eigenvalue weighted by atomic mass is 79.9. The number of likely N-dealkylation sites (N-methyl/N-ethyl adjacent to an activating group) is 1. The van der Waals surface area contributed by atoms with Crippen molar-refractivity contribution in [3.05, 3.63) is 40.6 Å². The fraction of sp³-hybridized carbons (Fsp3) is 0.467. The Morgan fingerprint density at radius 2 is 1.83 bits per heavy atom. The van der Waals surface area contributed by atoms with Gasteiger partial charge in [0.1, 0.15) is 5.75 Å². The Kier molecular flexibility index (Phi) is 6.32. The van der Waals surface area contributed by atoms with E-state index in [-0.39, 0.29) is 5.75 Å². The van der Waals surface area contributed by atoms with Crippen LogP contribution in [0.4, 0.5) is 0 Å². The maximum Gasteiger partial charge on any atom is 0.184 e. The quantitative estimate of drug-likeness (QED) is 0.680. The zero-order valence-corrected chi connectivity index (χ0v) is 15.7. The SMILES string of the molecule is CCN(CC)CCn1cc(CS(=O)(=O)c2ccc(Br)cc2)nn1. The molecule has 0 atom stereocenters. The Bertz CT molecular complexity index is 724. The fourth-order valence-electron chi connectivity index (χ4n) is 2.22. The van der Waals surface area contributed by atoms with Crippen LogP contribution in [0.3, 0.4) is 0 Å². The molecule has 0 aliphatic heterocycles. The van der Waals surface area contributed by atoms with Crippen LogP contribution in [-0.4, -0.2) is 47.9 Å². The number of sulfone groups is 1.